The number of hydrogen-bond acceptors (Lipinski definition) is 6. The molecule has 1 atom stereocenters. The lowest BCUT2D eigenvalue weighted by Crippen LogP contribution is -2.42. The number of nitrogens with one attached hydrogen (secondary N) is 1. The van der Waals surface area contributed by atoms with Gasteiger partial charge in [-0.05, 0) is 30.2 Å². The predicted octanol–water partition coefficient (Wildman–Crippen LogP) is 2.32. The van der Waals surface area contributed by atoms with Crippen LogP contribution in [0.15, 0.2) is 24.4 Å². The molecular formula is C18H19ClN4O4S. The zero-order valence-electron chi connectivity index (χ0n) is 15.1. The molecule has 148 valence electrons. The van der Waals surface area contributed by atoms with Crippen LogP contribution in [0.4, 0.5) is 15.6 Å². The second kappa shape index (κ2) is 7.23. The van der Waals surface area contributed by atoms with Crippen LogP contribution in [-0.2, 0) is 10.2 Å². The van der Waals surface area contributed by atoms with Gasteiger partial charge < -0.3 is 14.7 Å². The van der Waals surface area contributed by atoms with E-state index >= 15 is 0 Å². The van der Waals surface area contributed by atoms with Crippen LogP contribution in [0.1, 0.15) is 12.0 Å². The van der Waals surface area contributed by atoms with Gasteiger partial charge in [-0.15, -0.1) is 0 Å². The fraction of sp³-hybridized carbons (Fsp3) is 0.389. The number of methoxy groups -OCH3 is 1. The van der Waals surface area contributed by atoms with Crippen molar-refractivity contribution in [1.82, 2.24) is 9.88 Å². The van der Waals surface area contributed by atoms with Crippen LogP contribution in [0.25, 0.3) is 0 Å². The van der Waals surface area contributed by atoms with Crippen molar-refractivity contribution in [2.45, 2.75) is 11.8 Å². The van der Waals surface area contributed by atoms with Crippen molar-refractivity contribution in [3.63, 3.8) is 0 Å². The Morgan fingerprint density at radius 1 is 1.43 bits per heavy atom. The van der Waals surface area contributed by atoms with Gasteiger partial charge in [-0.25, -0.2) is 9.78 Å². The number of carbonyl (C=O) groups is 2. The molecule has 1 saturated heterocycles. The lowest BCUT2D eigenvalue weighted by atomic mass is 9.81. The van der Waals surface area contributed by atoms with Crippen molar-refractivity contribution in [3.05, 3.63) is 35.0 Å². The summed E-state index contributed by atoms with van der Waals surface area (Å²) in [5.74, 6) is -0.307. The number of benzene rings is 1. The molecule has 1 spiro atoms. The monoisotopic (exact) mass is 422 g/mol. The molecule has 2 aliphatic heterocycles. The van der Waals surface area contributed by atoms with Crippen molar-refractivity contribution in [3.8, 4) is 5.06 Å². The number of aliphatic hydroxyl groups excluding tert-OH is 1. The molecule has 0 aliphatic carbocycles. The van der Waals surface area contributed by atoms with Gasteiger partial charge in [0.1, 0.15) is 6.61 Å². The summed E-state index contributed by atoms with van der Waals surface area (Å²) in [5.41, 5.74) is 1.31. The summed E-state index contributed by atoms with van der Waals surface area (Å²) in [4.78, 5) is 32.4. The highest BCUT2D eigenvalue weighted by Crippen LogP contribution is 2.47. The SMILES string of the molecule is COc1cnc(NC(=O)N2CC3(CCN(C(=O)CO)C3)c3cc(Cl)ccc32)s1. The second-order valence-corrected chi connectivity index (χ2v) is 8.30. The number of nitrogens with zero attached hydrogens (tertiary/aromatic N) is 3. The third kappa shape index (κ3) is 3.19. The smallest absolute Gasteiger partial charge is 0.328 e. The fourth-order valence-electron chi connectivity index (χ4n) is 3.93. The average molecular weight is 423 g/mol. The number of aromatic nitrogens is 1. The Balaban J connectivity index is 1.62. The Morgan fingerprint density at radius 3 is 2.96 bits per heavy atom. The molecule has 1 aromatic heterocycles. The fourth-order valence-corrected chi connectivity index (χ4v) is 4.72. The van der Waals surface area contributed by atoms with Gasteiger partial charge >= 0.3 is 6.03 Å². The Kier molecular flexibility index (Phi) is 4.90. The Hall–Kier alpha value is -2.36. The number of aliphatic hydroxyl groups is 1. The molecule has 8 nitrogen and oxygen atoms in total. The molecule has 28 heavy (non-hydrogen) atoms. The van der Waals surface area contributed by atoms with Gasteiger partial charge in [-0.2, -0.15) is 0 Å². The summed E-state index contributed by atoms with van der Waals surface area (Å²) >= 11 is 7.47. The van der Waals surface area contributed by atoms with Crippen LogP contribution in [0.3, 0.4) is 0 Å². The number of anilines is 2. The van der Waals surface area contributed by atoms with E-state index in [4.69, 9.17) is 16.3 Å². The first kappa shape index (κ1) is 19.0. The first-order valence-electron chi connectivity index (χ1n) is 8.73. The average Bonchev–Trinajstić information content (AvgIpc) is 3.40. The third-order valence-corrected chi connectivity index (χ3v) is 6.38. The van der Waals surface area contributed by atoms with Crippen molar-refractivity contribution < 1.29 is 19.4 Å². The number of hydrogen-bond donors (Lipinski definition) is 2. The Labute approximate surface area is 170 Å². The van der Waals surface area contributed by atoms with E-state index in [1.807, 2.05) is 12.1 Å². The standard InChI is InChI=1S/C18H19ClN4O4S/c1-27-15-7-20-16(28-15)21-17(26)23-10-18(4-5-22(9-18)14(25)8-24)12-6-11(19)2-3-13(12)23/h2-3,6-7,24H,4-5,8-10H2,1H3,(H,20,21,26). The lowest BCUT2D eigenvalue weighted by Gasteiger charge is -2.25. The number of likely N-dealkylation sites (tertiary alicyclic amines) is 1. The van der Waals surface area contributed by atoms with Gasteiger partial charge in [0.05, 0.1) is 13.3 Å². The lowest BCUT2D eigenvalue weighted by molar-refractivity contribution is -0.133. The van der Waals surface area contributed by atoms with Crippen LogP contribution in [0.5, 0.6) is 5.06 Å². The van der Waals surface area contributed by atoms with Crippen molar-refractivity contribution in [2.75, 3.05) is 43.6 Å². The second-order valence-electron chi connectivity index (χ2n) is 6.87. The van der Waals surface area contributed by atoms with Crippen LogP contribution in [0, 0.1) is 0 Å². The highest BCUT2D eigenvalue weighted by molar-refractivity contribution is 7.17. The number of carbonyl (C=O) groups excluding carboxylic acids is 2. The number of halogens is 1. The summed E-state index contributed by atoms with van der Waals surface area (Å²) in [6.07, 6.45) is 2.25. The molecule has 1 fully saturated rings. The minimum absolute atomic E-state index is 0.301. The zero-order valence-corrected chi connectivity index (χ0v) is 16.7. The van der Waals surface area contributed by atoms with E-state index in [9.17, 15) is 14.7 Å². The highest BCUT2D eigenvalue weighted by atomic mass is 35.5. The molecule has 1 aromatic carbocycles. The number of rotatable bonds is 3. The number of fused-ring (bicyclic) bond motifs is 2. The molecule has 0 radical (unpaired) electrons. The van der Waals surface area contributed by atoms with Crippen molar-refractivity contribution in [1.29, 1.82) is 0 Å². The number of ether oxygens (including phenoxy) is 1. The van der Waals surface area contributed by atoms with E-state index in [0.29, 0.717) is 41.3 Å². The maximum absolute atomic E-state index is 13.0. The molecular weight excluding hydrogens is 404 g/mol. The molecule has 2 N–H and O–H groups in total. The summed E-state index contributed by atoms with van der Waals surface area (Å²) < 4.78 is 5.11. The van der Waals surface area contributed by atoms with E-state index in [-0.39, 0.29) is 11.9 Å². The Bertz CT molecular complexity index is 936. The van der Waals surface area contributed by atoms with Crippen LogP contribution in [0.2, 0.25) is 5.02 Å². The molecule has 3 amide bonds. The quantitative estimate of drug-likeness (QED) is 0.791. The normalized spacial score (nSPS) is 20.5. The maximum atomic E-state index is 13.0. The van der Waals surface area contributed by atoms with Gasteiger partial charge in [-0.3, -0.25) is 15.0 Å². The van der Waals surface area contributed by atoms with Gasteiger partial charge in [0.15, 0.2) is 10.2 Å². The molecule has 0 bridgehead atoms. The van der Waals surface area contributed by atoms with E-state index in [1.54, 1.807) is 29.2 Å². The van der Waals surface area contributed by atoms with Crippen LogP contribution < -0.4 is 15.0 Å². The topological polar surface area (TPSA) is 95.0 Å². The maximum Gasteiger partial charge on any atom is 0.328 e. The molecule has 0 saturated carbocycles. The molecule has 2 aliphatic rings. The molecule has 10 heteroatoms. The minimum Gasteiger partial charge on any atom is -0.486 e. The first-order valence-corrected chi connectivity index (χ1v) is 9.92. The van der Waals surface area contributed by atoms with E-state index in [1.165, 1.54) is 11.3 Å². The first-order chi connectivity index (χ1) is 13.5. The van der Waals surface area contributed by atoms with Gasteiger partial charge in [-0.1, -0.05) is 22.9 Å². The van der Waals surface area contributed by atoms with Gasteiger partial charge in [0.25, 0.3) is 0 Å². The predicted molar refractivity (Wildman–Crippen MR) is 106 cm³/mol. The largest absolute Gasteiger partial charge is 0.486 e. The summed E-state index contributed by atoms with van der Waals surface area (Å²) in [6.45, 7) is 0.875. The number of thiazole rings is 1. The van der Waals surface area contributed by atoms with Gasteiger partial charge in [0, 0.05) is 35.8 Å². The summed E-state index contributed by atoms with van der Waals surface area (Å²) in [6, 6.07) is 5.14. The molecule has 4 rings (SSSR count). The summed E-state index contributed by atoms with van der Waals surface area (Å²) in [7, 11) is 1.54. The van der Waals surface area contributed by atoms with E-state index < -0.39 is 12.0 Å². The van der Waals surface area contributed by atoms with Crippen molar-refractivity contribution in [2.24, 2.45) is 0 Å². The van der Waals surface area contributed by atoms with E-state index in [2.05, 4.69) is 10.3 Å². The van der Waals surface area contributed by atoms with Crippen molar-refractivity contribution >= 4 is 45.7 Å². The van der Waals surface area contributed by atoms with Gasteiger partial charge in [0.2, 0.25) is 5.91 Å². The highest BCUT2D eigenvalue weighted by Gasteiger charge is 2.49. The number of amides is 3. The zero-order chi connectivity index (χ0) is 19.9. The molecule has 1 unspecified atom stereocenters. The number of urea groups is 1. The molecule has 3 heterocycles. The summed E-state index contributed by atoms with van der Waals surface area (Å²) in [5, 5.41) is 13.6. The van der Waals surface area contributed by atoms with E-state index in [0.717, 1.165) is 11.3 Å². The van der Waals surface area contributed by atoms with Crippen LogP contribution in [-0.4, -0.2) is 60.3 Å². The van der Waals surface area contributed by atoms with Crippen LogP contribution >= 0.6 is 22.9 Å². The minimum atomic E-state index is -0.519. The Morgan fingerprint density at radius 2 is 2.25 bits per heavy atom. The molecule has 2 aromatic rings. The third-order valence-electron chi connectivity index (χ3n) is 5.27.